The van der Waals surface area contributed by atoms with E-state index in [1.165, 1.54) is 42.6 Å². The second kappa shape index (κ2) is 6.12. The summed E-state index contributed by atoms with van der Waals surface area (Å²) >= 11 is 0. The Labute approximate surface area is 129 Å². The van der Waals surface area contributed by atoms with Crippen molar-refractivity contribution in [3.63, 3.8) is 0 Å². The quantitative estimate of drug-likeness (QED) is 0.873. The number of aromatic nitrogens is 2. The smallest absolute Gasteiger partial charge is 0.0657 e. The molecule has 0 saturated heterocycles. The third-order valence-corrected chi connectivity index (χ3v) is 5.74. The first-order valence-corrected chi connectivity index (χ1v) is 8.95. The van der Waals surface area contributed by atoms with Crippen LogP contribution in [0.5, 0.6) is 0 Å². The van der Waals surface area contributed by atoms with E-state index in [1.807, 2.05) is 0 Å². The number of hydrogen-bond acceptors (Lipinski definition) is 2. The molecule has 1 aromatic rings. The van der Waals surface area contributed by atoms with Crippen molar-refractivity contribution in [2.45, 2.75) is 78.3 Å². The van der Waals surface area contributed by atoms with Crippen LogP contribution in [0.15, 0.2) is 0 Å². The van der Waals surface area contributed by atoms with E-state index in [-0.39, 0.29) is 6.04 Å². The van der Waals surface area contributed by atoms with Gasteiger partial charge in [-0.3, -0.25) is 4.68 Å². The predicted molar refractivity (Wildman–Crippen MR) is 87.3 cm³/mol. The van der Waals surface area contributed by atoms with Crippen molar-refractivity contribution >= 4 is 0 Å². The van der Waals surface area contributed by atoms with Crippen molar-refractivity contribution in [1.29, 1.82) is 0 Å². The molecule has 0 spiro atoms. The molecule has 118 valence electrons. The molecule has 0 aliphatic heterocycles. The summed E-state index contributed by atoms with van der Waals surface area (Å²) in [5.74, 6) is 2.88. The zero-order valence-electron chi connectivity index (χ0n) is 13.9. The Morgan fingerprint density at radius 1 is 1.24 bits per heavy atom. The van der Waals surface area contributed by atoms with E-state index in [9.17, 15) is 0 Å². The Hall–Kier alpha value is -0.830. The lowest BCUT2D eigenvalue weighted by atomic mass is 9.89. The second-order valence-corrected chi connectivity index (χ2v) is 7.38. The molecule has 0 amide bonds. The number of fused-ring (bicyclic) bond motifs is 2. The highest BCUT2D eigenvalue weighted by atomic mass is 15.3. The van der Waals surface area contributed by atoms with E-state index < -0.39 is 0 Å². The van der Waals surface area contributed by atoms with Gasteiger partial charge in [-0.2, -0.15) is 5.10 Å². The van der Waals surface area contributed by atoms with Crippen LogP contribution in [-0.2, 0) is 25.8 Å². The molecule has 2 fully saturated rings. The van der Waals surface area contributed by atoms with Crippen LogP contribution in [0.1, 0.15) is 63.4 Å². The fourth-order valence-electron chi connectivity index (χ4n) is 4.80. The molecule has 2 bridgehead atoms. The number of hydrogen-bond donors (Lipinski definition) is 1. The summed E-state index contributed by atoms with van der Waals surface area (Å²) in [6.45, 7) is 7.73. The van der Waals surface area contributed by atoms with Crippen molar-refractivity contribution in [3.05, 3.63) is 17.0 Å². The van der Waals surface area contributed by atoms with Gasteiger partial charge in [0.15, 0.2) is 0 Å². The number of nitrogens with two attached hydrogens (primary N) is 1. The van der Waals surface area contributed by atoms with E-state index in [4.69, 9.17) is 10.8 Å². The minimum absolute atomic E-state index is 0.223. The van der Waals surface area contributed by atoms with Gasteiger partial charge in [-0.1, -0.05) is 20.3 Å². The van der Waals surface area contributed by atoms with Gasteiger partial charge in [0, 0.05) is 18.3 Å². The van der Waals surface area contributed by atoms with Crippen LogP contribution in [0.4, 0.5) is 0 Å². The number of rotatable bonds is 6. The van der Waals surface area contributed by atoms with E-state index in [0.29, 0.717) is 0 Å². The molecule has 4 unspecified atom stereocenters. The van der Waals surface area contributed by atoms with Crippen molar-refractivity contribution in [2.24, 2.45) is 23.5 Å². The highest BCUT2D eigenvalue weighted by Gasteiger charge is 2.39. The molecule has 3 nitrogen and oxygen atoms in total. The molecule has 2 aliphatic rings. The molecule has 3 heteroatoms. The van der Waals surface area contributed by atoms with E-state index in [2.05, 4.69) is 25.5 Å². The van der Waals surface area contributed by atoms with E-state index in [0.717, 1.165) is 43.6 Å². The van der Waals surface area contributed by atoms with Crippen molar-refractivity contribution < 1.29 is 0 Å². The Bertz CT molecular complexity index is 489. The van der Waals surface area contributed by atoms with Crippen LogP contribution in [0.2, 0.25) is 0 Å². The van der Waals surface area contributed by atoms with Gasteiger partial charge in [-0.25, -0.2) is 0 Å². The molecule has 4 atom stereocenters. The minimum Gasteiger partial charge on any atom is -0.328 e. The van der Waals surface area contributed by atoms with Crippen molar-refractivity contribution in [3.8, 4) is 0 Å². The third kappa shape index (κ3) is 2.90. The maximum Gasteiger partial charge on any atom is 0.0657 e. The second-order valence-electron chi connectivity index (χ2n) is 7.38. The fourth-order valence-corrected chi connectivity index (χ4v) is 4.80. The van der Waals surface area contributed by atoms with Gasteiger partial charge >= 0.3 is 0 Å². The Balaban J connectivity index is 1.82. The third-order valence-electron chi connectivity index (χ3n) is 5.74. The Kier molecular flexibility index (Phi) is 4.39. The summed E-state index contributed by atoms with van der Waals surface area (Å²) in [5, 5.41) is 4.96. The molecule has 0 aromatic carbocycles. The normalized spacial score (nSPS) is 29.2. The lowest BCUT2D eigenvalue weighted by Gasteiger charge is -2.22. The largest absolute Gasteiger partial charge is 0.328 e. The highest BCUT2D eigenvalue weighted by molar-refractivity contribution is 5.28. The van der Waals surface area contributed by atoms with Gasteiger partial charge in [0.1, 0.15) is 0 Å². The molecule has 21 heavy (non-hydrogen) atoms. The summed E-state index contributed by atoms with van der Waals surface area (Å²) < 4.78 is 2.35. The molecule has 2 N–H and O–H groups in total. The van der Waals surface area contributed by atoms with Gasteiger partial charge in [-0.05, 0) is 68.8 Å². The topological polar surface area (TPSA) is 43.8 Å². The summed E-state index contributed by atoms with van der Waals surface area (Å²) in [6, 6.07) is 0.223. The lowest BCUT2D eigenvalue weighted by Crippen LogP contribution is -2.21. The van der Waals surface area contributed by atoms with E-state index >= 15 is 0 Å². The lowest BCUT2D eigenvalue weighted by molar-refractivity contribution is 0.282. The van der Waals surface area contributed by atoms with Gasteiger partial charge < -0.3 is 5.73 Å². The average molecular weight is 289 g/mol. The van der Waals surface area contributed by atoms with Gasteiger partial charge in [0.2, 0.25) is 0 Å². The van der Waals surface area contributed by atoms with Crippen LogP contribution in [0.25, 0.3) is 0 Å². The average Bonchev–Trinajstić information content (AvgIpc) is 3.12. The molecule has 1 aromatic heterocycles. The standard InChI is InChI=1S/C18H31N3/c1-4-17-16(8-12(3)19)18(5-2)21(20-17)11-15-10-13-6-7-14(15)9-13/h12-15H,4-11,19H2,1-3H3. The molecule has 1 heterocycles. The summed E-state index contributed by atoms with van der Waals surface area (Å²) in [7, 11) is 0. The maximum absolute atomic E-state index is 6.06. The van der Waals surface area contributed by atoms with Gasteiger partial charge in [0.25, 0.3) is 0 Å². The van der Waals surface area contributed by atoms with Crippen LogP contribution in [0.3, 0.4) is 0 Å². The number of aryl methyl sites for hydroxylation is 1. The summed E-state index contributed by atoms with van der Waals surface area (Å²) in [5.41, 5.74) is 10.2. The zero-order valence-corrected chi connectivity index (χ0v) is 13.9. The summed E-state index contributed by atoms with van der Waals surface area (Å²) in [4.78, 5) is 0. The molecular weight excluding hydrogens is 258 g/mol. The first kappa shape index (κ1) is 15.1. The van der Waals surface area contributed by atoms with Crippen molar-refractivity contribution in [1.82, 2.24) is 9.78 Å². The van der Waals surface area contributed by atoms with Crippen LogP contribution >= 0.6 is 0 Å². The van der Waals surface area contributed by atoms with Crippen LogP contribution < -0.4 is 5.73 Å². The monoisotopic (exact) mass is 289 g/mol. The zero-order chi connectivity index (χ0) is 15.0. The number of nitrogens with zero attached hydrogens (tertiary/aromatic N) is 2. The van der Waals surface area contributed by atoms with Gasteiger partial charge in [-0.15, -0.1) is 0 Å². The van der Waals surface area contributed by atoms with Crippen LogP contribution in [0, 0.1) is 17.8 Å². The van der Waals surface area contributed by atoms with E-state index in [1.54, 1.807) is 0 Å². The summed E-state index contributed by atoms with van der Waals surface area (Å²) in [6.07, 6.45) is 8.96. The Morgan fingerprint density at radius 3 is 2.57 bits per heavy atom. The first-order chi connectivity index (χ1) is 10.1. The first-order valence-electron chi connectivity index (χ1n) is 8.95. The molecule has 0 radical (unpaired) electrons. The molecular formula is C18H31N3. The van der Waals surface area contributed by atoms with Gasteiger partial charge in [0.05, 0.1) is 5.69 Å². The predicted octanol–water partition coefficient (Wildman–Crippen LogP) is 3.33. The molecule has 2 aliphatic carbocycles. The Morgan fingerprint density at radius 2 is 2.05 bits per heavy atom. The van der Waals surface area contributed by atoms with Crippen LogP contribution in [-0.4, -0.2) is 15.8 Å². The SMILES string of the molecule is CCc1nn(CC2CC3CCC2C3)c(CC)c1CC(C)N. The fraction of sp³-hybridized carbons (Fsp3) is 0.833. The maximum atomic E-state index is 6.06. The molecule has 3 rings (SSSR count). The minimum atomic E-state index is 0.223. The highest BCUT2D eigenvalue weighted by Crippen LogP contribution is 2.48. The molecule has 2 saturated carbocycles. The van der Waals surface area contributed by atoms with Crippen molar-refractivity contribution in [2.75, 3.05) is 0 Å².